The molecule has 9 nitrogen and oxygen atoms in total. The minimum Gasteiger partial charge on any atom is -0.453 e. The molecular formula is C11H12N6O3. The van der Waals surface area contributed by atoms with Gasteiger partial charge in [0.15, 0.2) is 0 Å². The zero-order valence-corrected chi connectivity index (χ0v) is 10.5. The summed E-state index contributed by atoms with van der Waals surface area (Å²) in [6.07, 6.45) is -0.600. The van der Waals surface area contributed by atoms with Crippen molar-refractivity contribution in [1.82, 2.24) is 15.2 Å². The van der Waals surface area contributed by atoms with Crippen molar-refractivity contribution in [3.8, 4) is 0 Å². The van der Waals surface area contributed by atoms with E-state index in [4.69, 9.17) is 5.73 Å². The van der Waals surface area contributed by atoms with Crippen LogP contribution < -0.4 is 16.4 Å². The molecule has 0 saturated carbocycles. The highest BCUT2D eigenvalue weighted by Crippen LogP contribution is 2.15. The quantitative estimate of drug-likeness (QED) is 0.655. The fourth-order valence-corrected chi connectivity index (χ4v) is 1.41. The van der Waals surface area contributed by atoms with Gasteiger partial charge in [0.25, 0.3) is 5.91 Å². The van der Waals surface area contributed by atoms with Crippen LogP contribution >= 0.6 is 0 Å². The van der Waals surface area contributed by atoms with Crippen LogP contribution in [-0.4, -0.2) is 34.3 Å². The molecule has 0 atom stereocenters. The van der Waals surface area contributed by atoms with Crippen molar-refractivity contribution in [3.05, 3.63) is 30.1 Å². The number of hydrogen-bond acceptors (Lipinski definition) is 6. The zero-order valence-electron chi connectivity index (χ0n) is 10.5. The fraction of sp³-hybridized carbons (Fsp3) is 0.0909. The van der Waals surface area contributed by atoms with Gasteiger partial charge in [0.1, 0.15) is 0 Å². The lowest BCUT2D eigenvalue weighted by Gasteiger charge is -2.07. The molecule has 104 valence electrons. The average Bonchev–Trinajstić information content (AvgIpc) is 2.86. The minimum atomic E-state index is -0.600. The summed E-state index contributed by atoms with van der Waals surface area (Å²) in [7, 11) is 1.26. The van der Waals surface area contributed by atoms with Gasteiger partial charge in [-0.1, -0.05) is 6.07 Å². The van der Waals surface area contributed by atoms with Gasteiger partial charge < -0.3 is 15.8 Å². The monoisotopic (exact) mass is 276 g/mol. The lowest BCUT2D eigenvalue weighted by atomic mass is 10.2. The largest absolute Gasteiger partial charge is 0.453 e. The normalized spacial score (nSPS) is 9.85. The average molecular weight is 276 g/mol. The maximum Gasteiger partial charge on any atom is 0.411 e. The summed E-state index contributed by atoms with van der Waals surface area (Å²) in [5.41, 5.74) is 6.26. The van der Waals surface area contributed by atoms with Crippen molar-refractivity contribution in [1.29, 1.82) is 0 Å². The highest BCUT2D eigenvalue weighted by atomic mass is 16.5. The molecule has 0 aliphatic rings. The molecule has 1 aromatic carbocycles. The minimum absolute atomic E-state index is 0.00571. The second kappa shape index (κ2) is 5.69. The Hall–Kier alpha value is -3.10. The van der Waals surface area contributed by atoms with E-state index in [9.17, 15) is 9.59 Å². The van der Waals surface area contributed by atoms with E-state index in [2.05, 4.69) is 30.6 Å². The Morgan fingerprint density at radius 2 is 2.00 bits per heavy atom. The summed E-state index contributed by atoms with van der Waals surface area (Å²) < 4.78 is 4.47. The number of ether oxygens (including phenoxy) is 1. The van der Waals surface area contributed by atoms with Crippen molar-refractivity contribution < 1.29 is 14.3 Å². The van der Waals surface area contributed by atoms with Gasteiger partial charge >= 0.3 is 6.09 Å². The Balaban J connectivity index is 2.08. The first-order valence-electron chi connectivity index (χ1n) is 5.53. The van der Waals surface area contributed by atoms with E-state index in [-0.39, 0.29) is 11.8 Å². The number of nitrogens with zero attached hydrogens (tertiary/aromatic N) is 2. The number of nitrogens with one attached hydrogen (secondary N) is 3. The number of aromatic amines is 1. The van der Waals surface area contributed by atoms with Crippen molar-refractivity contribution in [2.75, 3.05) is 23.5 Å². The Morgan fingerprint density at radius 3 is 2.60 bits per heavy atom. The van der Waals surface area contributed by atoms with Gasteiger partial charge in [0, 0.05) is 11.4 Å². The molecule has 2 amide bonds. The summed E-state index contributed by atoms with van der Waals surface area (Å²) in [4.78, 5) is 26.6. The van der Waals surface area contributed by atoms with Crippen LogP contribution in [0.2, 0.25) is 0 Å². The molecule has 1 aromatic heterocycles. The number of benzene rings is 1. The topological polar surface area (TPSA) is 135 Å². The molecule has 0 bridgehead atoms. The Morgan fingerprint density at radius 1 is 1.30 bits per heavy atom. The van der Waals surface area contributed by atoms with Gasteiger partial charge in [0.2, 0.25) is 11.8 Å². The molecule has 0 saturated heterocycles. The van der Waals surface area contributed by atoms with Gasteiger partial charge in [-0.15, -0.1) is 5.10 Å². The first-order chi connectivity index (χ1) is 9.58. The molecular weight excluding hydrogens is 264 g/mol. The van der Waals surface area contributed by atoms with Crippen molar-refractivity contribution in [2.45, 2.75) is 0 Å². The number of rotatable bonds is 3. The Bertz CT molecular complexity index is 639. The number of aromatic nitrogens is 3. The van der Waals surface area contributed by atoms with Gasteiger partial charge in [-0.2, -0.15) is 4.98 Å². The van der Waals surface area contributed by atoms with Gasteiger partial charge in [-0.05, 0) is 18.2 Å². The number of carbonyl (C=O) groups is 2. The number of anilines is 3. The smallest absolute Gasteiger partial charge is 0.411 e. The fourth-order valence-electron chi connectivity index (χ4n) is 1.41. The third-order valence-corrected chi connectivity index (χ3v) is 2.27. The predicted octanol–water partition coefficient (Wildman–Crippen LogP) is 0.817. The van der Waals surface area contributed by atoms with E-state index >= 15 is 0 Å². The molecule has 5 N–H and O–H groups in total. The molecule has 1 heterocycles. The SMILES string of the molecule is COC(=O)Nc1cccc(NC(=O)c2nc(N)n[nH]2)c1. The van der Waals surface area contributed by atoms with E-state index in [1.807, 2.05) is 0 Å². The maximum atomic E-state index is 11.8. The van der Waals surface area contributed by atoms with Crippen LogP contribution in [0.3, 0.4) is 0 Å². The van der Waals surface area contributed by atoms with E-state index in [0.29, 0.717) is 11.4 Å². The molecule has 0 spiro atoms. The zero-order chi connectivity index (χ0) is 14.5. The standard InChI is InChI=1S/C11H12N6O3/c1-20-11(19)14-7-4-2-3-6(5-7)13-9(18)8-15-10(12)17-16-8/h2-5H,1H3,(H,13,18)(H,14,19)(H3,12,15,16,17). The van der Waals surface area contributed by atoms with Gasteiger partial charge in [-0.3, -0.25) is 15.2 Å². The van der Waals surface area contributed by atoms with E-state index < -0.39 is 12.0 Å². The van der Waals surface area contributed by atoms with Crippen LogP contribution in [0.1, 0.15) is 10.6 Å². The van der Waals surface area contributed by atoms with Crippen LogP contribution in [-0.2, 0) is 4.74 Å². The number of nitrogen functional groups attached to an aromatic ring is 1. The number of amides is 2. The Labute approximate surface area is 113 Å². The van der Waals surface area contributed by atoms with Crippen molar-refractivity contribution in [3.63, 3.8) is 0 Å². The first kappa shape index (κ1) is 13.3. The molecule has 0 radical (unpaired) electrons. The highest BCUT2D eigenvalue weighted by molar-refractivity contribution is 6.02. The predicted molar refractivity (Wildman–Crippen MR) is 71.2 cm³/mol. The molecule has 2 rings (SSSR count). The summed E-state index contributed by atoms with van der Waals surface area (Å²) >= 11 is 0. The summed E-state index contributed by atoms with van der Waals surface area (Å²) in [6, 6.07) is 6.53. The van der Waals surface area contributed by atoms with Crippen LogP contribution in [0.5, 0.6) is 0 Å². The molecule has 20 heavy (non-hydrogen) atoms. The van der Waals surface area contributed by atoms with Crippen LogP contribution in [0, 0.1) is 0 Å². The summed E-state index contributed by atoms with van der Waals surface area (Å²) in [5.74, 6) is -0.519. The third-order valence-electron chi connectivity index (χ3n) is 2.27. The molecule has 0 aliphatic heterocycles. The van der Waals surface area contributed by atoms with Gasteiger partial charge in [0.05, 0.1) is 7.11 Å². The molecule has 2 aromatic rings. The summed E-state index contributed by atoms with van der Waals surface area (Å²) in [5, 5.41) is 11.0. The second-order valence-electron chi connectivity index (χ2n) is 3.69. The van der Waals surface area contributed by atoms with Crippen molar-refractivity contribution >= 4 is 29.3 Å². The molecule has 9 heteroatoms. The number of hydrogen-bond donors (Lipinski definition) is 4. The molecule has 0 fully saturated rings. The number of nitrogens with two attached hydrogens (primary N) is 1. The third kappa shape index (κ3) is 3.22. The lowest BCUT2D eigenvalue weighted by Crippen LogP contribution is -2.15. The number of H-pyrrole nitrogens is 1. The van der Waals surface area contributed by atoms with Crippen molar-refractivity contribution in [2.24, 2.45) is 0 Å². The number of carbonyl (C=O) groups excluding carboxylic acids is 2. The first-order valence-corrected chi connectivity index (χ1v) is 5.53. The highest BCUT2D eigenvalue weighted by Gasteiger charge is 2.11. The van der Waals surface area contributed by atoms with Crippen LogP contribution in [0.4, 0.5) is 22.1 Å². The Kier molecular flexibility index (Phi) is 3.80. The van der Waals surface area contributed by atoms with E-state index in [0.717, 1.165) is 0 Å². The van der Waals surface area contributed by atoms with Gasteiger partial charge in [-0.25, -0.2) is 4.79 Å². The van der Waals surface area contributed by atoms with Crippen LogP contribution in [0.15, 0.2) is 24.3 Å². The molecule has 0 unspecified atom stereocenters. The van der Waals surface area contributed by atoms with E-state index in [1.165, 1.54) is 7.11 Å². The maximum absolute atomic E-state index is 11.8. The second-order valence-corrected chi connectivity index (χ2v) is 3.69. The molecule has 0 aliphatic carbocycles. The van der Waals surface area contributed by atoms with E-state index in [1.54, 1.807) is 24.3 Å². The summed E-state index contributed by atoms with van der Waals surface area (Å²) in [6.45, 7) is 0. The number of methoxy groups -OCH3 is 1. The van der Waals surface area contributed by atoms with Crippen LogP contribution in [0.25, 0.3) is 0 Å². The lowest BCUT2D eigenvalue weighted by molar-refractivity contribution is 0.101.